The van der Waals surface area contributed by atoms with E-state index in [-0.39, 0.29) is 18.5 Å². The topological polar surface area (TPSA) is 59.4 Å². The van der Waals surface area contributed by atoms with Gasteiger partial charge in [0.25, 0.3) is 0 Å². The molecule has 0 saturated carbocycles. The molecule has 0 radical (unpaired) electrons. The molecule has 1 amide bonds. The molecule has 1 N–H and O–H groups in total. The minimum absolute atomic E-state index is 0.0426. The number of likely N-dealkylation sites (N-methyl/N-ethyl adjacent to an activating group) is 1. The Labute approximate surface area is 194 Å². The van der Waals surface area contributed by atoms with Gasteiger partial charge in [0.05, 0.1) is 11.0 Å². The summed E-state index contributed by atoms with van der Waals surface area (Å²) >= 11 is 0. The van der Waals surface area contributed by atoms with E-state index in [1.54, 1.807) is 0 Å². The Morgan fingerprint density at radius 2 is 1.64 bits per heavy atom. The highest BCUT2D eigenvalue weighted by Gasteiger charge is 2.17. The number of nitrogens with zero attached hydrogens (tertiary/aromatic N) is 3. The lowest BCUT2D eigenvalue weighted by Gasteiger charge is -2.25. The van der Waals surface area contributed by atoms with Crippen LogP contribution in [0, 0.1) is 0 Å². The van der Waals surface area contributed by atoms with Crippen molar-refractivity contribution >= 4 is 16.9 Å². The molecule has 1 heterocycles. The van der Waals surface area contributed by atoms with Gasteiger partial charge in [-0.05, 0) is 50.3 Å². The third-order valence-corrected chi connectivity index (χ3v) is 5.73. The first-order chi connectivity index (χ1) is 16.1. The van der Waals surface area contributed by atoms with Crippen molar-refractivity contribution in [3.8, 4) is 5.75 Å². The van der Waals surface area contributed by atoms with E-state index in [4.69, 9.17) is 9.72 Å². The summed E-state index contributed by atoms with van der Waals surface area (Å²) in [7, 11) is 4.09. The molecule has 0 saturated heterocycles. The number of para-hydroxylation sites is 3. The second-order valence-corrected chi connectivity index (χ2v) is 8.32. The number of carbonyl (C=O) groups is 1. The Balaban J connectivity index is 1.44. The van der Waals surface area contributed by atoms with Crippen LogP contribution in [-0.4, -0.2) is 47.0 Å². The van der Waals surface area contributed by atoms with Gasteiger partial charge in [0.2, 0.25) is 5.91 Å². The van der Waals surface area contributed by atoms with Crippen LogP contribution >= 0.6 is 0 Å². The average molecular weight is 443 g/mol. The normalized spacial score (nSPS) is 12.1. The first-order valence-electron chi connectivity index (χ1n) is 11.2. The number of benzene rings is 3. The van der Waals surface area contributed by atoms with Crippen LogP contribution in [0.4, 0.5) is 0 Å². The van der Waals surface area contributed by atoms with Crippen LogP contribution in [-0.2, 0) is 24.4 Å². The van der Waals surface area contributed by atoms with E-state index in [0.29, 0.717) is 13.2 Å². The fourth-order valence-electron chi connectivity index (χ4n) is 3.83. The molecular formula is C27H30N4O2. The number of imidazole rings is 1. The van der Waals surface area contributed by atoms with Gasteiger partial charge in [0, 0.05) is 12.6 Å². The van der Waals surface area contributed by atoms with E-state index in [0.717, 1.165) is 29.0 Å². The average Bonchev–Trinajstić information content (AvgIpc) is 3.18. The van der Waals surface area contributed by atoms with Crippen LogP contribution in [0.25, 0.3) is 11.0 Å². The Bertz CT molecular complexity index is 1170. The molecule has 1 aromatic heterocycles. The number of amides is 1. The fourth-order valence-corrected chi connectivity index (χ4v) is 3.83. The molecular weight excluding hydrogens is 412 g/mol. The smallest absolute Gasteiger partial charge is 0.240 e. The number of fused-ring (bicyclic) bond motifs is 1. The van der Waals surface area contributed by atoms with Gasteiger partial charge in [-0.15, -0.1) is 0 Å². The fraction of sp³-hybridized carbons (Fsp3) is 0.259. The Morgan fingerprint density at radius 1 is 0.970 bits per heavy atom. The van der Waals surface area contributed by atoms with Gasteiger partial charge in [-0.1, -0.05) is 60.7 Å². The molecule has 1 unspecified atom stereocenters. The minimum Gasteiger partial charge on any atom is -0.486 e. The molecule has 0 aliphatic heterocycles. The maximum Gasteiger partial charge on any atom is 0.240 e. The number of hydrogen-bond acceptors (Lipinski definition) is 4. The molecule has 0 aliphatic rings. The minimum atomic E-state index is -0.0426. The molecule has 170 valence electrons. The highest BCUT2D eigenvalue weighted by Crippen LogP contribution is 2.18. The van der Waals surface area contributed by atoms with Crippen molar-refractivity contribution in [2.45, 2.75) is 25.6 Å². The zero-order valence-electron chi connectivity index (χ0n) is 19.1. The van der Waals surface area contributed by atoms with Crippen molar-refractivity contribution in [3.05, 3.63) is 96.3 Å². The van der Waals surface area contributed by atoms with E-state index >= 15 is 0 Å². The summed E-state index contributed by atoms with van der Waals surface area (Å²) in [6, 6.07) is 28.0. The number of ether oxygens (including phenoxy) is 1. The third-order valence-electron chi connectivity index (χ3n) is 5.73. The first kappa shape index (κ1) is 22.6. The number of nitrogens with one attached hydrogen (secondary N) is 1. The Hall–Kier alpha value is -3.64. The molecule has 0 aliphatic carbocycles. The Kier molecular flexibility index (Phi) is 7.37. The molecule has 3 aromatic carbocycles. The lowest BCUT2D eigenvalue weighted by atomic mass is 10.1. The quantitative estimate of drug-likeness (QED) is 0.405. The summed E-state index contributed by atoms with van der Waals surface area (Å²) in [5.74, 6) is 1.46. The van der Waals surface area contributed by atoms with E-state index in [9.17, 15) is 4.79 Å². The molecule has 0 bridgehead atoms. The van der Waals surface area contributed by atoms with Crippen molar-refractivity contribution in [1.82, 2.24) is 19.8 Å². The van der Waals surface area contributed by atoms with Crippen LogP contribution in [0.2, 0.25) is 0 Å². The van der Waals surface area contributed by atoms with Crippen LogP contribution < -0.4 is 10.1 Å². The molecule has 4 aromatic rings. The summed E-state index contributed by atoms with van der Waals surface area (Å²) in [4.78, 5) is 19.8. The van der Waals surface area contributed by atoms with Gasteiger partial charge in [-0.2, -0.15) is 0 Å². The second-order valence-electron chi connectivity index (χ2n) is 8.32. The third kappa shape index (κ3) is 5.99. The number of carbonyl (C=O) groups excluding carboxylic acids is 1. The van der Waals surface area contributed by atoms with Gasteiger partial charge in [0.1, 0.15) is 24.7 Å². The van der Waals surface area contributed by atoms with Crippen LogP contribution in [0.5, 0.6) is 5.75 Å². The lowest BCUT2D eigenvalue weighted by molar-refractivity contribution is -0.121. The molecule has 6 heteroatoms. The van der Waals surface area contributed by atoms with Crippen molar-refractivity contribution < 1.29 is 9.53 Å². The summed E-state index contributed by atoms with van der Waals surface area (Å²) in [6.45, 7) is 1.06. The van der Waals surface area contributed by atoms with Gasteiger partial charge in [-0.3, -0.25) is 4.79 Å². The van der Waals surface area contributed by atoms with Gasteiger partial charge in [0.15, 0.2) is 0 Å². The van der Waals surface area contributed by atoms with E-state index in [1.165, 1.54) is 5.56 Å². The number of hydrogen-bond donors (Lipinski definition) is 1. The lowest BCUT2D eigenvalue weighted by Crippen LogP contribution is -2.42. The van der Waals surface area contributed by atoms with E-state index in [1.807, 2.05) is 91.5 Å². The van der Waals surface area contributed by atoms with Crippen molar-refractivity contribution in [1.29, 1.82) is 0 Å². The highest BCUT2D eigenvalue weighted by atomic mass is 16.5. The maximum absolute atomic E-state index is 12.9. The Morgan fingerprint density at radius 3 is 2.36 bits per heavy atom. The summed E-state index contributed by atoms with van der Waals surface area (Å²) in [6.07, 6.45) is 0.873. The maximum atomic E-state index is 12.9. The summed E-state index contributed by atoms with van der Waals surface area (Å²) < 4.78 is 7.86. The van der Waals surface area contributed by atoms with Crippen molar-refractivity contribution in [3.63, 3.8) is 0 Å². The zero-order chi connectivity index (χ0) is 23.0. The van der Waals surface area contributed by atoms with Crippen molar-refractivity contribution in [2.75, 3.05) is 20.6 Å². The largest absolute Gasteiger partial charge is 0.486 e. The molecule has 0 fully saturated rings. The van der Waals surface area contributed by atoms with Crippen LogP contribution in [0.15, 0.2) is 84.9 Å². The van der Waals surface area contributed by atoms with Gasteiger partial charge >= 0.3 is 0 Å². The zero-order valence-corrected chi connectivity index (χ0v) is 19.1. The molecule has 0 spiro atoms. The monoisotopic (exact) mass is 442 g/mol. The SMILES string of the molecule is CN(C)C(CNC(=O)Cn1c(COc2ccccc2)nc2ccccc21)Cc1ccccc1. The van der Waals surface area contributed by atoms with Crippen LogP contribution in [0.1, 0.15) is 11.4 Å². The molecule has 33 heavy (non-hydrogen) atoms. The molecule has 1 atom stereocenters. The van der Waals surface area contributed by atoms with E-state index in [2.05, 4.69) is 22.3 Å². The van der Waals surface area contributed by atoms with E-state index < -0.39 is 0 Å². The van der Waals surface area contributed by atoms with Crippen molar-refractivity contribution in [2.24, 2.45) is 0 Å². The van der Waals surface area contributed by atoms with Gasteiger partial charge < -0.3 is 19.5 Å². The number of aromatic nitrogens is 2. The second kappa shape index (κ2) is 10.8. The summed E-state index contributed by atoms with van der Waals surface area (Å²) in [5.41, 5.74) is 3.03. The van der Waals surface area contributed by atoms with Gasteiger partial charge in [-0.25, -0.2) is 4.98 Å². The van der Waals surface area contributed by atoms with Crippen LogP contribution in [0.3, 0.4) is 0 Å². The predicted molar refractivity (Wildman–Crippen MR) is 131 cm³/mol. The molecule has 6 nitrogen and oxygen atoms in total. The standard InChI is InChI=1S/C27H30N4O2/c1-30(2)22(17-21-11-5-3-6-12-21)18-28-27(32)19-31-25-16-10-9-15-24(25)29-26(31)20-33-23-13-7-4-8-14-23/h3-16,22H,17-20H2,1-2H3,(H,28,32). The summed E-state index contributed by atoms with van der Waals surface area (Å²) in [5, 5.41) is 3.12. The first-order valence-corrected chi connectivity index (χ1v) is 11.2. The predicted octanol–water partition coefficient (Wildman–Crippen LogP) is 3.90. The number of rotatable bonds is 10. The molecule has 4 rings (SSSR count). The highest BCUT2D eigenvalue weighted by molar-refractivity contribution is 5.81.